The predicted octanol–water partition coefficient (Wildman–Crippen LogP) is 2.67. The number of aliphatic imine (C=N–C) groups is 1. The molecule has 0 saturated carbocycles. The molecule has 0 amide bonds. The van der Waals surface area contributed by atoms with Crippen molar-refractivity contribution in [2.24, 2.45) is 4.99 Å². The van der Waals surface area contributed by atoms with Crippen molar-refractivity contribution < 1.29 is 4.39 Å². The van der Waals surface area contributed by atoms with Gasteiger partial charge in [-0.3, -0.25) is 9.98 Å². The SMILES string of the molecule is CC=NC(=CC)c1ccc(F)cn1. The highest BCUT2D eigenvalue weighted by Gasteiger charge is 1.98. The number of pyridine rings is 1. The Hall–Kier alpha value is -1.51. The third-order valence-electron chi connectivity index (χ3n) is 1.53. The molecule has 0 spiro atoms. The second kappa shape index (κ2) is 4.50. The summed E-state index contributed by atoms with van der Waals surface area (Å²) in [6.45, 7) is 3.69. The van der Waals surface area contributed by atoms with Crippen LogP contribution in [0.4, 0.5) is 4.39 Å². The van der Waals surface area contributed by atoms with Gasteiger partial charge in [0.25, 0.3) is 0 Å². The summed E-state index contributed by atoms with van der Waals surface area (Å²) in [6, 6.07) is 2.98. The van der Waals surface area contributed by atoms with Gasteiger partial charge in [-0.2, -0.15) is 0 Å². The summed E-state index contributed by atoms with van der Waals surface area (Å²) in [5, 5.41) is 0. The van der Waals surface area contributed by atoms with Crippen molar-refractivity contribution >= 4 is 11.9 Å². The number of rotatable bonds is 2. The monoisotopic (exact) mass is 178 g/mol. The van der Waals surface area contributed by atoms with Gasteiger partial charge >= 0.3 is 0 Å². The molecule has 0 aliphatic carbocycles. The van der Waals surface area contributed by atoms with E-state index in [1.54, 1.807) is 12.3 Å². The van der Waals surface area contributed by atoms with Crippen LogP contribution in [0.25, 0.3) is 5.70 Å². The lowest BCUT2D eigenvalue weighted by Gasteiger charge is -1.98. The summed E-state index contributed by atoms with van der Waals surface area (Å²) in [5.41, 5.74) is 1.43. The van der Waals surface area contributed by atoms with Crippen molar-refractivity contribution in [1.29, 1.82) is 0 Å². The van der Waals surface area contributed by atoms with Gasteiger partial charge in [-0.05, 0) is 26.0 Å². The Balaban J connectivity index is 3.00. The van der Waals surface area contributed by atoms with Crippen LogP contribution in [0.1, 0.15) is 19.5 Å². The summed E-state index contributed by atoms with van der Waals surface area (Å²) in [5.74, 6) is -0.334. The van der Waals surface area contributed by atoms with E-state index in [1.165, 1.54) is 12.3 Å². The maximum absolute atomic E-state index is 12.5. The molecule has 2 nitrogen and oxygen atoms in total. The van der Waals surface area contributed by atoms with Crippen molar-refractivity contribution in [2.75, 3.05) is 0 Å². The summed E-state index contributed by atoms with van der Waals surface area (Å²) in [6.07, 6.45) is 4.70. The minimum absolute atomic E-state index is 0.334. The molecule has 1 rings (SSSR count). The fourth-order valence-corrected chi connectivity index (χ4v) is 0.955. The minimum atomic E-state index is -0.334. The molecule has 13 heavy (non-hydrogen) atoms. The number of halogens is 1. The molecule has 0 fully saturated rings. The first-order valence-electron chi connectivity index (χ1n) is 4.05. The molecule has 0 saturated heterocycles. The maximum Gasteiger partial charge on any atom is 0.141 e. The van der Waals surface area contributed by atoms with Crippen LogP contribution in [0.3, 0.4) is 0 Å². The topological polar surface area (TPSA) is 25.2 Å². The van der Waals surface area contributed by atoms with E-state index in [4.69, 9.17) is 0 Å². The smallest absolute Gasteiger partial charge is 0.141 e. The summed E-state index contributed by atoms with van der Waals surface area (Å²) in [7, 11) is 0. The van der Waals surface area contributed by atoms with Gasteiger partial charge in [0.05, 0.1) is 17.6 Å². The van der Waals surface area contributed by atoms with E-state index in [2.05, 4.69) is 9.98 Å². The summed E-state index contributed by atoms with van der Waals surface area (Å²) < 4.78 is 12.5. The Morgan fingerprint density at radius 2 is 2.23 bits per heavy atom. The molecular weight excluding hydrogens is 167 g/mol. The first-order chi connectivity index (χ1) is 6.27. The Morgan fingerprint density at radius 3 is 2.69 bits per heavy atom. The molecule has 0 atom stereocenters. The van der Waals surface area contributed by atoms with E-state index in [-0.39, 0.29) is 5.82 Å². The molecule has 1 aromatic rings. The van der Waals surface area contributed by atoms with Crippen LogP contribution in [0.15, 0.2) is 29.4 Å². The lowest BCUT2D eigenvalue weighted by atomic mass is 10.2. The zero-order valence-electron chi connectivity index (χ0n) is 7.66. The molecule has 1 aromatic heterocycles. The van der Waals surface area contributed by atoms with Gasteiger partial charge in [0.1, 0.15) is 5.82 Å². The van der Waals surface area contributed by atoms with Gasteiger partial charge < -0.3 is 0 Å². The highest BCUT2D eigenvalue weighted by Crippen LogP contribution is 2.12. The molecule has 1 heterocycles. The number of allylic oxidation sites excluding steroid dienone is 1. The largest absolute Gasteiger partial charge is 0.260 e. The van der Waals surface area contributed by atoms with Crippen LogP contribution >= 0.6 is 0 Å². The van der Waals surface area contributed by atoms with Crippen LogP contribution in [-0.2, 0) is 0 Å². The van der Waals surface area contributed by atoms with Crippen LogP contribution in [0.5, 0.6) is 0 Å². The maximum atomic E-state index is 12.5. The molecule has 0 aliphatic rings. The third kappa shape index (κ3) is 2.47. The molecule has 0 aromatic carbocycles. The Bertz CT molecular complexity index is 325. The Kier molecular flexibility index (Phi) is 3.31. The molecule has 0 N–H and O–H groups in total. The molecule has 0 aliphatic heterocycles. The lowest BCUT2D eigenvalue weighted by Crippen LogP contribution is -1.87. The number of hydrogen-bond donors (Lipinski definition) is 0. The van der Waals surface area contributed by atoms with E-state index in [0.29, 0.717) is 5.69 Å². The van der Waals surface area contributed by atoms with E-state index in [9.17, 15) is 4.39 Å². The molecule has 0 unspecified atom stereocenters. The van der Waals surface area contributed by atoms with Crippen molar-refractivity contribution in [3.8, 4) is 0 Å². The van der Waals surface area contributed by atoms with Gasteiger partial charge in [-0.25, -0.2) is 4.39 Å². The Morgan fingerprint density at radius 1 is 1.46 bits per heavy atom. The number of aromatic nitrogens is 1. The predicted molar refractivity (Wildman–Crippen MR) is 52.0 cm³/mol. The van der Waals surface area contributed by atoms with E-state index < -0.39 is 0 Å². The van der Waals surface area contributed by atoms with Crippen LogP contribution in [0, 0.1) is 5.82 Å². The fourth-order valence-electron chi connectivity index (χ4n) is 0.955. The second-order valence-electron chi connectivity index (χ2n) is 2.42. The van der Waals surface area contributed by atoms with Crippen molar-refractivity contribution in [3.63, 3.8) is 0 Å². The standard InChI is InChI=1S/C10H11FN2/c1-3-9(12-4-2)10-6-5-8(11)7-13-10/h3-7H,1-2H3. The zero-order valence-corrected chi connectivity index (χ0v) is 7.66. The second-order valence-corrected chi connectivity index (χ2v) is 2.42. The van der Waals surface area contributed by atoms with Gasteiger partial charge in [-0.1, -0.05) is 6.08 Å². The van der Waals surface area contributed by atoms with Crippen LogP contribution < -0.4 is 0 Å². The average molecular weight is 178 g/mol. The number of hydrogen-bond acceptors (Lipinski definition) is 2. The van der Waals surface area contributed by atoms with Crippen molar-refractivity contribution in [2.45, 2.75) is 13.8 Å². The van der Waals surface area contributed by atoms with Gasteiger partial charge in [0.15, 0.2) is 0 Å². The summed E-state index contributed by atoms with van der Waals surface area (Å²) >= 11 is 0. The lowest BCUT2D eigenvalue weighted by molar-refractivity contribution is 0.621. The van der Waals surface area contributed by atoms with Gasteiger partial charge in [-0.15, -0.1) is 0 Å². The highest BCUT2D eigenvalue weighted by molar-refractivity contribution is 5.70. The zero-order chi connectivity index (χ0) is 9.68. The third-order valence-corrected chi connectivity index (χ3v) is 1.53. The molecular formula is C10H11FN2. The quantitative estimate of drug-likeness (QED) is 0.639. The fraction of sp³-hybridized carbons (Fsp3) is 0.200. The van der Waals surface area contributed by atoms with Crippen molar-refractivity contribution in [1.82, 2.24) is 4.98 Å². The first kappa shape index (κ1) is 9.58. The van der Waals surface area contributed by atoms with E-state index in [0.717, 1.165) is 5.70 Å². The normalized spacial score (nSPS) is 12.4. The van der Waals surface area contributed by atoms with Crippen LogP contribution in [-0.4, -0.2) is 11.2 Å². The first-order valence-corrected chi connectivity index (χ1v) is 4.05. The van der Waals surface area contributed by atoms with Crippen molar-refractivity contribution in [3.05, 3.63) is 35.9 Å². The van der Waals surface area contributed by atoms with E-state index in [1.807, 2.05) is 19.9 Å². The van der Waals surface area contributed by atoms with Crippen LogP contribution in [0.2, 0.25) is 0 Å². The highest BCUT2D eigenvalue weighted by atomic mass is 19.1. The molecule has 0 bridgehead atoms. The van der Waals surface area contributed by atoms with Gasteiger partial charge in [0, 0.05) is 6.21 Å². The molecule has 0 radical (unpaired) electrons. The molecule has 68 valence electrons. The summed E-state index contributed by atoms with van der Waals surface area (Å²) in [4.78, 5) is 8.00. The van der Waals surface area contributed by atoms with E-state index >= 15 is 0 Å². The minimum Gasteiger partial charge on any atom is -0.260 e. The molecule has 3 heteroatoms. The van der Waals surface area contributed by atoms with Gasteiger partial charge in [0.2, 0.25) is 0 Å². The number of nitrogens with zero attached hydrogens (tertiary/aromatic N) is 2. The Labute approximate surface area is 76.8 Å². The average Bonchev–Trinajstić information content (AvgIpc) is 2.16.